The van der Waals surface area contributed by atoms with Crippen molar-refractivity contribution in [3.63, 3.8) is 0 Å². The van der Waals surface area contributed by atoms with Crippen molar-refractivity contribution >= 4 is 11.6 Å². The van der Waals surface area contributed by atoms with Gasteiger partial charge in [-0.2, -0.15) is 5.26 Å². The van der Waals surface area contributed by atoms with Gasteiger partial charge in [0.25, 0.3) is 0 Å². The zero-order chi connectivity index (χ0) is 20.8. The van der Waals surface area contributed by atoms with Crippen LogP contribution in [0.5, 0.6) is 5.75 Å². The standard InChI is InChI=1S/C22H21N5O3/c23-12-16-11-15(1-4-21(16)30-19-6-9-29-10-7-19)20-5-8-24-22(27-20)26-17-2-3-18(14-28)25-13-17/h1-5,8,11,13,19,28H,6-7,9-10,14H2,(H,24,26,27). The van der Waals surface area contributed by atoms with Gasteiger partial charge in [-0.05, 0) is 36.4 Å². The van der Waals surface area contributed by atoms with Gasteiger partial charge in [0.15, 0.2) is 0 Å². The van der Waals surface area contributed by atoms with E-state index in [1.54, 1.807) is 36.7 Å². The van der Waals surface area contributed by atoms with Crippen molar-refractivity contribution in [1.29, 1.82) is 5.26 Å². The van der Waals surface area contributed by atoms with Crippen molar-refractivity contribution in [2.75, 3.05) is 18.5 Å². The minimum absolute atomic E-state index is 0.0670. The molecule has 1 aliphatic rings. The molecule has 0 aliphatic carbocycles. The highest BCUT2D eigenvalue weighted by atomic mass is 16.5. The molecule has 0 radical (unpaired) electrons. The molecule has 8 heteroatoms. The molecule has 0 atom stereocenters. The van der Waals surface area contributed by atoms with Gasteiger partial charge >= 0.3 is 0 Å². The zero-order valence-corrected chi connectivity index (χ0v) is 16.3. The first-order valence-corrected chi connectivity index (χ1v) is 9.70. The predicted molar refractivity (Wildman–Crippen MR) is 110 cm³/mol. The number of hydrogen-bond donors (Lipinski definition) is 2. The summed E-state index contributed by atoms with van der Waals surface area (Å²) in [5.41, 5.74) is 3.24. The number of aromatic nitrogens is 3. The van der Waals surface area contributed by atoms with E-state index in [9.17, 15) is 5.26 Å². The molecule has 2 N–H and O–H groups in total. The lowest BCUT2D eigenvalue weighted by Gasteiger charge is -2.23. The van der Waals surface area contributed by atoms with Crippen LogP contribution in [0.3, 0.4) is 0 Å². The van der Waals surface area contributed by atoms with Crippen LogP contribution in [0.1, 0.15) is 24.1 Å². The minimum atomic E-state index is -0.109. The molecule has 0 saturated carbocycles. The second-order valence-corrected chi connectivity index (χ2v) is 6.84. The van der Waals surface area contributed by atoms with Gasteiger partial charge in [0, 0.05) is 24.6 Å². The van der Waals surface area contributed by atoms with Crippen LogP contribution in [0.25, 0.3) is 11.3 Å². The van der Waals surface area contributed by atoms with Crippen LogP contribution in [-0.4, -0.2) is 39.4 Å². The average molecular weight is 403 g/mol. The Kier molecular flexibility index (Phi) is 6.13. The van der Waals surface area contributed by atoms with Crippen LogP contribution in [-0.2, 0) is 11.3 Å². The van der Waals surface area contributed by atoms with Gasteiger partial charge < -0.3 is 19.9 Å². The van der Waals surface area contributed by atoms with E-state index in [0.717, 1.165) is 18.4 Å². The van der Waals surface area contributed by atoms with E-state index in [1.165, 1.54) is 0 Å². The monoisotopic (exact) mass is 403 g/mol. The highest BCUT2D eigenvalue weighted by Crippen LogP contribution is 2.28. The van der Waals surface area contributed by atoms with Crippen molar-refractivity contribution in [2.45, 2.75) is 25.6 Å². The largest absolute Gasteiger partial charge is 0.489 e. The summed E-state index contributed by atoms with van der Waals surface area (Å²) >= 11 is 0. The summed E-state index contributed by atoms with van der Waals surface area (Å²) in [6, 6.07) is 13.0. The van der Waals surface area contributed by atoms with Crippen LogP contribution < -0.4 is 10.1 Å². The Morgan fingerprint density at radius 3 is 2.77 bits per heavy atom. The second kappa shape index (κ2) is 9.31. The molecule has 3 aromatic rings. The second-order valence-electron chi connectivity index (χ2n) is 6.84. The summed E-state index contributed by atoms with van der Waals surface area (Å²) < 4.78 is 11.4. The molecule has 0 spiro atoms. The third kappa shape index (κ3) is 4.71. The third-order valence-corrected chi connectivity index (χ3v) is 4.76. The topological polar surface area (TPSA) is 113 Å². The summed E-state index contributed by atoms with van der Waals surface area (Å²) in [7, 11) is 0. The molecule has 8 nitrogen and oxygen atoms in total. The summed E-state index contributed by atoms with van der Waals surface area (Å²) in [6.45, 7) is 1.25. The molecule has 0 bridgehead atoms. The fraction of sp³-hybridized carbons (Fsp3) is 0.273. The van der Waals surface area contributed by atoms with E-state index in [-0.39, 0.29) is 12.7 Å². The van der Waals surface area contributed by atoms with E-state index in [2.05, 4.69) is 26.3 Å². The number of ether oxygens (including phenoxy) is 2. The molecule has 1 aliphatic heterocycles. The van der Waals surface area contributed by atoms with Gasteiger partial charge in [0.1, 0.15) is 17.9 Å². The predicted octanol–water partition coefficient (Wildman–Crippen LogP) is 3.20. The van der Waals surface area contributed by atoms with Gasteiger partial charge in [0.05, 0.1) is 48.7 Å². The number of nitrogens with zero attached hydrogens (tertiary/aromatic N) is 4. The van der Waals surface area contributed by atoms with Crippen LogP contribution in [0.2, 0.25) is 0 Å². The fourth-order valence-corrected chi connectivity index (χ4v) is 3.15. The van der Waals surface area contributed by atoms with E-state index >= 15 is 0 Å². The molecule has 152 valence electrons. The quantitative estimate of drug-likeness (QED) is 0.645. The lowest BCUT2D eigenvalue weighted by molar-refractivity contribution is 0.0254. The summed E-state index contributed by atoms with van der Waals surface area (Å²) in [6.07, 6.45) is 4.97. The maximum atomic E-state index is 9.59. The third-order valence-electron chi connectivity index (χ3n) is 4.76. The van der Waals surface area contributed by atoms with Crippen LogP contribution in [0, 0.1) is 11.3 Å². The number of benzene rings is 1. The number of hydrogen-bond acceptors (Lipinski definition) is 8. The van der Waals surface area contributed by atoms with Gasteiger partial charge in [-0.25, -0.2) is 9.97 Å². The van der Waals surface area contributed by atoms with Crippen LogP contribution >= 0.6 is 0 Å². The number of rotatable bonds is 6. The Morgan fingerprint density at radius 1 is 1.17 bits per heavy atom. The first kappa shape index (κ1) is 19.8. The van der Waals surface area contributed by atoms with Crippen molar-refractivity contribution in [3.8, 4) is 23.1 Å². The van der Waals surface area contributed by atoms with E-state index in [4.69, 9.17) is 14.6 Å². The van der Waals surface area contributed by atoms with Gasteiger partial charge in [-0.15, -0.1) is 0 Å². The summed E-state index contributed by atoms with van der Waals surface area (Å²) in [4.78, 5) is 12.9. The van der Waals surface area contributed by atoms with E-state index in [0.29, 0.717) is 47.6 Å². The SMILES string of the molecule is N#Cc1cc(-c2ccnc(Nc3ccc(CO)nc3)n2)ccc1OC1CCOCC1. The molecule has 30 heavy (non-hydrogen) atoms. The maximum Gasteiger partial charge on any atom is 0.227 e. The number of anilines is 2. The number of nitriles is 1. The highest BCUT2D eigenvalue weighted by molar-refractivity contribution is 5.65. The smallest absolute Gasteiger partial charge is 0.227 e. The molecule has 1 saturated heterocycles. The highest BCUT2D eigenvalue weighted by Gasteiger charge is 2.17. The lowest BCUT2D eigenvalue weighted by atomic mass is 10.1. The van der Waals surface area contributed by atoms with Gasteiger partial charge in [-0.3, -0.25) is 4.98 Å². The fourth-order valence-electron chi connectivity index (χ4n) is 3.15. The van der Waals surface area contributed by atoms with E-state index < -0.39 is 0 Å². The van der Waals surface area contributed by atoms with Crippen LogP contribution in [0.15, 0.2) is 48.8 Å². The molecule has 4 rings (SSSR count). The molecular weight excluding hydrogens is 382 g/mol. The number of nitrogens with one attached hydrogen (secondary N) is 1. The normalized spacial score (nSPS) is 14.1. The van der Waals surface area contributed by atoms with Gasteiger partial charge in [0.2, 0.25) is 5.95 Å². The molecule has 0 unspecified atom stereocenters. The number of aliphatic hydroxyl groups excluding tert-OH is 1. The van der Waals surface area contributed by atoms with Crippen molar-refractivity contribution in [1.82, 2.24) is 15.0 Å². The van der Waals surface area contributed by atoms with Gasteiger partial charge in [-0.1, -0.05) is 0 Å². The average Bonchev–Trinajstić information content (AvgIpc) is 2.81. The van der Waals surface area contributed by atoms with Crippen molar-refractivity contribution in [2.24, 2.45) is 0 Å². The van der Waals surface area contributed by atoms with Crippen molar-refractivity contribution in [3.05, 3.63) is 60.0 Å². The lowest BCUT2D eigenvalue weighted by Crippen LogP contribution is -2.26. The Hall–Kier alpha value is -3.54. The Bertz CT molecular complexity index is 1040. The van der Waals surface area contributed by atoms with E-state index in [1.807, 2.05) is 12.1 Å². The molecular formula is C22H21N5O3. The molecule has 1 aromatic carbocycles. The summed E-state index contributed by atoms with van der Waals surface area (Å²) in [5.74, 6) is 0.989. The summed E-state index contributed by atoms with van der Waals surface area (Å²) in [5, 5.41) is 21.8. The maximum absolute atomic E-state index is 9.59. The molecule has 0 amide bonds. The van der Waals surface area contributed by atoms with Crippen LogP contribution in [0.4, 0.5) is 11.6 Å². The Morgan fingerprint density at radius 2 is 2.03 bits per heavy atom. The van der Waals surface area contributed by atoms with Crippen molar-refractivity contribution < 1.29 is 14.6 Å². The Labute approximate surface area is 174 Å². The minimum Gasteiger partial charge on any atom is -0.489 e. The molecule has 3 heterocycles. The number of pyridine rings is 1. The zero-order valence-electron chi connectivity index (χ0n) is 16.3. The first-order valence-electron chi connectivity index (χ1n) is 9.70. The molecule has 2 aromatic heterocycles. The first-order chi connectivity index (χ1) is 14.7. The number of aliphatic hydroxyl groups is 1. The molecule has 1 fully saturated rings. The Balaban J connectivity index is 1.53.